The maximum Gasteiger partial charge on any atom is 0.350 e. The van der Waals surface area contributed by atoms with Gasteiger partial charge in [0.15, 0.2) is 0 Å². The summed E-state index contributed by atoms with van der Waals surface area (Å²) in [5, 5.41) is 4.33. The fraction of sp³-hybridized carbons (Fsp3) is 0.545. The Labute approximate surface area is 105 Å². The topological polar surface area (TPSA) is 67.6 Å². The first-order chi connectivity index (χ1) is 8.10. The van der Waals surface area contributed by atoms with Crippen molar-refractivity contribution in [1.29, 1.82) is 0 Å². The molecule has 6 heteroatoms. The summed E-state index contributed by atoms with van der Waals surface area (Å²) in [6, 6.07) is 2.23. The van der Waals surface area contributed by atoms with Crippen LogP contribution in [-0.2, 0) is 4.74 Å². The molecule has 0 saturated carbocycles. The first-order valence-corrected chi connectivity index (χ1v) is 6.34. The van der Waals surface area contributed by atoms with Crippen LogP contribution < -0.4 is 11.1 Å². The Balaban J connectivity index is 2.05. The van der Waals surface area contributed by atoms with E-state index >= 15 is 0 Å². The fourth-order valence-electron chi connectivity index (χ4n) is 1.98. The van der Waals surface area contributed by atoms with Gasteiger partial charge in [0, 0.05) is 12.6 Å². The molecule has 1 fully saturated rings. The second-order valence-corrected chi connectivity index (χ2v) is 5.33. The van der Waals surface area contributed by atoms with E-state index in [0.717, 1.165) is 24.5 Å². The number of rotatable bonds is 3. The molecule has 0 bridgehead atoms. The van der Waals surface area contributed by atoms with Crippen molar-refractivity contribution in [2.75, 3.05) is 38.3 Å². The summed E-state index contributed by atoms with van der Waals surface area (Å²) in [4.78, 5) is 14.2. The number of ether oxygens (including phenoxy) is 1. The van der Waals surface area contributed by atoms with Crippen LogP contribution in [0.4, 0.5) is 10.7 Å². The normalized spacial score (nSPS) is 20.5. The summed E-state index contributed by atoms with van der Waals surface area (Å²) in [7, 11) is 3.46. The number of nitrogens with one attached hydrogen (secondary N) is 1. The van der Waals surface area contributed by atoms with Crippen molar-refractivity contribution in [3.05, 3.63) is 10.9 Å². The van der Waals surface area contributed by atoms with Gasteiger partial charge in [0.05, 0.1) is 17.8 Å². The molecule has 1 unspecified atom stereocenters. The van der Waals surface area contributed by atoms with Crippen molar-refractivity contribution >= 4 is 28.0 Å². The standard InChI is InChI=1S/C11H17N3O2S/c1-14-4-3-7(6-14)13-9-5-8(12)10(17-9)11(15)16-2/h5,7,13H,3-4,6,12H2,1-2H3. The Bertz CT molecular complexity index is 419. The van der Waals surface area contributed by atoms with Gasteiger partial charge in [-0.2, -0.15) is 0 Å². The Hall–Kier alpha value is -1.27. The number of methoxy groups -OCH3 is 1. The monoisotopic (exact) mass is 255 g/mol. The zero-order valence-electron chi connectivity index (χ0n) is 10.0. The highest BCUT2D eigenvalue weighted by Crippen LogP contribution is 2.31. The highest BCUT2D eigenvalue weighted by Gasteiger charge is 2.21. The highest BCUT2D eigenvalue weighted by atomic mass is 32.1. The molecule has 1 atom stereocenters. The summed E-state index contributed by atoms with van der Waals surface area (Å²) in [5.41, 5.74) is 6.26. The lowest BCUT2D eigenvalue weighted by molar-refractivity contribution is 0.0607. The van der Waals surface area contributed by atoms with E-state index in [-0.39, 0.29) is 5.97 Å². The Morgan fingerprint density at radius 3 is 3.06 bits per heavy atom. The van der Waals surface area contributed by atoms with Crippen LogP contribution in [0.3, 0.4) is 0 Å². The second-order valence-electron chi connectivity index (χ2n) is 4.28. The van der Waals surface area contributed by atoms with Gasteiger partial charge < -0.3 is 20.7 Å². The number of anilines is 2. The number of carbonyl (C=O) groups excluding carboxylic acids is 1. The molecule has 5 nitrogen and oxygen atoms in total. The molecule has 1 saturated heterocycles. The number of carbonyl (C=O) groups is 1. The third kappa shape index (κ3) is 2.70. The highest BCUT2D eigenvalue weighted by molar-refractivity contribution is 7.18. The van der Waals surface area contributed by atoms with Crippen LogP contribution in [0.5, 0.6) is 0 Å². The van der Waals surface area contributed by atoms with Crippen LogP contribution in [0, 0.1) is 0 Å². The van der Waals surface area contributed by atoms with Gasteiger partial charge in [-0.25, -0.2) is 4.79 Å². The minimum absolute atomic E-state index is 0.371. The van der Waals surface area contributed by atoms with Crippen molar-refractivity contribution in [3.8, 4) is 0 Å². The molecule has 2 heterocycles. The fourth-order valence-corrected chi connectivity index (χ4v) is 2.96. The van der Waals surface area contributed by atoms with Crippen molar-refractivity contribution < 1.29 is 9.53 Å². The average Bonchev–Trinajstić information content (AvgIpc) is 2.85. The largest absolute Gasteiger partial charge is 0.465 e. The van der Waals surface area contributed by atoms with Crippen molar-refractivity contribution in [2.24, 2.45) is 0 Å². The minimum Gasteiger partial charge on any atom is -0.465 e. The number of thiophene rings is 1. The molecular weight excluding hydrogens is 238 g/mol. The van der Waals surface area contributed by atoms with Crippen molar-refractivity contribution in [2.45, 2.75) is 12.5 Å². The Kier molecular flexibility index (Phi) is 3.54. The quantitative estimate of drug-likeness (QED) is 0.795. The second kappa shape index (κ2) is 4.93. The molecule has 3 N–H and O–H groups in total. The molecule has 94 valence electrons. The molecule has 17 heavy (non-hydrogen) atoms. The molecule has 0 radical (unpaired) electrons. The van der Waals surface area contributed by atoms with E-state index in [9.17, 15) is 4.79 Å². The summed E-state index contributed by atoms with van der Waals surface area (Å²) >= 11 is 1.35. The van der Waals surface area contributed by atoms with Gasteiger partial charge in [0.1, 0.15) is 4.88 Å². The van der Waals surface area contributed by atoms with Gasteiger partial charge in [-0.15, -0.1) is 11.3 Å². The molecule has 1 aromatic rings. The summed E-state index contributed by atoms with van der Waals surface area (Å²) < 4.78 is 4.67. The summed E-state index contributed by atoms with van der Waals surface area (Å²) in [6.45, 7) is 2.12. The number of nitrogens with two attached hydrogens (primary N) is 1. The van der Waals surface area contributed by atoms with E-state index < -0.39 is 0 Å². The number of nitrogens with zero attached hydrogens (tertiary/aromatic N) is 1. The third-order valence-corrected chi connectivity index (χ3v) is 3.93. The smallest absolute Gasteiger partial charge is 0.350 e. The maximum absolute atomic E-state index is 11.4. The molecule has 0 aromatic carbocycles. The molecule has 0 amide bonds. The van der Waals surface area contributed by atoms with E-state index in [0.29, 0.717) is 16.6 Å². The average molecular weight is 255 g/mol. The van der Waals surface area contributed by atoms with E-state index in [1.165, 1.54) is 18.4 Å². The van der Waals surface area contributed by atoms with Crippen molar-refractivity contribution in [1.82, 2.24) is 4.90 Å². The summed E-state index contributed by atoms with van der Waals surface area (Å²) in [5.74, 6) is -0.371. The van der Waals surface area contributed by atoms with Crippen LogP contribution in [0.2, 0.25) is 0 Å². The van der Waals surface area contributed by atoms with Crippen LogP contribution >= 0.6 is 11.3 Å². The van der Waals surface area contributed by atoms with Gasteiger partial charge in [0.25, 0.3) is 0 Å². The minimum atomic E-state index is -0.371. The molecule has 0 spiro atoms. The summed E-state index contributed by atoms with van der Waals surface area (Å²) in [6.07, 6.45) is 1.11. The van der Waals surface area contributed by atoms with Crippen LogP contribution in [0.1, 0.15) is 16.1 Å². The number of hydrogen-bond donors (Lipinski definition) is 2. The van der Waals surface area contributed by atoms with Gasteiger partial charge in [-0.1, -0.05) is 0 Å². The molecule has 1 aliphatic rings. The van der Waals surface area contributed by atoms with E-state index in [2.05, 4.69) is 22.0 Å². The molecule has 1 aliphatic heterocycles. The predicted octanol–water partition coefficient (Wildman–Crippen LogP) is 1.23. The number of nitrogen functional groups attached to an aromatic ring is 1. The zero-order chi connectivity index (χ0) is 12.4. The van der Waals surface area contributed by atoms with Gasteiger partial charge in [-0.3, -0.25) is 0 Å². The SMILES string of the molecule is COC(=O)c1sc(NC2CCN(C)C2)cc1N. The number of likely N-dealkylation sites (N-methyl/N-ethyl adjacent to an activating group) is 1. The Morgan fingerprint density at radius 1 is 1.71 bits per heavy atom. The van der Waals surface area contributed by atoms with Gasteiger partial charge in [0.2, 0.25) is 0 Å². The Morgan fingerprint density at radius 2 is 2.47 bits per heavy atom. The third-order valence-electron chi connectivity index (χ3n) is 2.87. The van der Waals surface area contributed by atoms with Gasteiger partial charge >= 0.3 is 5.97 Å². The zero-order valence-corrected chi connectivity index (χ0v) is 10.8. The number of esters is 1. The van der Waals surface area contributed by atoms with Gasteiger partial charge in [-0.05, 0) is 26.1 Å². The first-order valence-electron chi connectivity index (χ1n) is 5.53. The van der Waals surface area contributed by atoms with E-state index in [4.69, 9.17) is 5.73 Å². The van der Waals surface area contributed by atoms with Crippen molar-refractivity contribution in [3.63, 3.8) is 0 Å². The van der Waals surface area contributed by atoms with Crippen LogP contribution in [0.15, 0.2) is 6.07 Å². The lowest BCUT2D eigenvalue weighted by Gasteiger charge is -2.11. The molecular formula is C11H17N3O2S. The maximum atomic E-state index is 11.4. The predicted molar refractivity (Wildman–Crippen MR) is 69.6 cm³/mol. The van der Waals surface area contributed by atoms with E-state index in [1.54, 1.807) is 6.07 Å². The molecule has 1 aromatic heterocycles. The lowest BCUT2D eigenvalue weighted by atomic mass is 10.3. The van der Waals surface area contributed by atoms with E-state index in [1.807, 2.05) is 0 Å². The first kappa shape index (κ1) is 12.2. The number of hydrogen-bond acceptors (Lipinski definition) is 6. The van der Waals surface area contributed by atoms with Crippen LogP contribution in [-0.4, -0.2) is 44.2 Å². The number of likely N-dealkylation sites (tertiary alicyclic amines) is 1. The lowest BCUT2D eigenvalue weighted by Crippen LogP contribution is -2.22. The molecule has 0 aliphatic carbocycles. The molecule has 2 rings (SSSR count). The van der Waals surface area contributed by atoms with Crippen LogP contribution in [0.25, 0.3) is 0 Å².